The minimum atomic E-state index is -1.02. The average molecular weight is 509 g/mol. The molecule has 2 aromatic heterocycles. The number of likely N-dealkylation sites (tertiary alicyclic amines) is 1. The summed E-state index contributed by atoms with van der Waals surface area (Å²) in [6.45, 7) is 12.7. The zero-order chi connectivity index (χ0) is 27.2. The highest BCUT2D eigenvalue weighted by Gasteiger charge is 2.34. The molecule has 0 spiro atoms. The summed E-state index contributed by atoms with van der Waals surface area (Å²) in [7, 11) is 0. The molecule has 1 saturated heterocycles. The van der Waals surface area contributed by atoms with Crippen LogP contribution in [0.1, 0.15) is 51.7 Å². The number of fused-ring (bicyclic) bond motifs is 1. The molecule has 1 fully saturated rings. The smallest absolute Gasteiger partial charge is 0.249 e. The molecule has 1 aliphatic rings. The Balaban J connectivity index is 1.80. The van der Waals surface area contributed by atoms with Crippen molar-refractivity contribution in [3.05, 3.63) is 47.6 Å². The number of aromatic nitrogens is 2. The summed E-state index contributed by atoms with van der Waals surface area (Å²) in [5, 5.41) is 36.0. The van der Waals surface area contributed by atoms with Crippen molar-refractivity contribution in [1.29, 1.82) is 5.26 Å². The summed E-state index contributed by atoms with van der Waals surface area (Å²) >= 11 is 0. The quantitative estimate of drug-likeness (QED) is 0.331. The fourth-order valence-corrected chi connectivity index (χ4v) is 4.30. The molecule has 198 valence electrons. The number of nitrogens with one attached hydrogen (secondary N) is 1. The molecule has 10 nitrogen and oxygen atoms in total. The molecule has 0 unspecified atom stereocenters. The van der Waals surface area contributed by atoms with Crippen LogP contribution in [0.3, 0.4) is 0 Å². The van der Waals surface area contributed by atoms with Gasteiger partial charge in [-0.2, -0.15) is 10.4 Å². The van der Waals surface area contributed by atoms with Crippen molar-refractivity contribution in [2.75, 3.05) is 26.3 Å². The first-order valence-electron chi connectivity index (χ1n) is 12.4. The van der Waals surface area contributed by atoms with E-state index in [0.717, 1.165) is 11.1 Å². The van der Waals surface area contributed by atoms with E-state index in [0.29, 0.717) is 48.6 Å². The highest BCUT2D eigenvalue weighted by molar-refractivity contribution is 5.83. The van der Waals surface area contributed by atoms with Gasteiger partial charge in [-0.1, -0.05) is 19.9 Å². The van der Waals surface area contributed by atoms with Crippen molar-refractivity contribution in [1.82, 2.24) is 19.8 Å². The second kappa shape index (κ2) is 12.0. The second-order valence-electron chi connectivity index (χ2n) is 9.88. The van der Waals surface area contributed by atoms with Crippen LogP contribution in [0.4, 0.5) is 0 Å². The van der Waals surface area contributed by atoms with E-state index in [1.165, 1.54) is 6.20 Å². The monoisotopic (exact) mass is 508 g/mol. The summed E-state index contributed by atoms with van der Waals surface area (Å²) in [6.07, 6.45) is 7.36. The predicted molar refractivity (Wildman–Crippen MR) is 142 cm³/mol. The lowest BCUT2D eigenvalue weighted by Gasteiger charge is -2.41. The number of pyridine rings is 1. The topological polar surface area (TPSA) is 135 Å². The summed E-state index contributed by atoms with van der Waals surface area (Å²) in [6, 6.07) is 4.01. The van der Waals surface area contributed by atoms with Crippen LogP contribution in [-0.4, -0.2) is 75.3 Å². The summed E-state index contributed by atoms with van der Waals surface area (Å²) in [5.41, 5.74) is 2.36. The molecular formula is C27H36N6O4. The molecule has 1 aliphatic heterocycles. The number of hydrogen-bond acceptors (Lipinski definition) is 8. The van der Waals surface area contributed by atoms with Crippen molar-refractivity contribution in [3.8, 4) is 11.8 Å². The molecular weight excluding hydrogens is 472 g/mol. The first kappa shape index (κ1) is 27.9. The van der Waals surface area contributed by atoms with E-state index in [1.807, 2.05) is 45.9 Å². The number of rotatable bonds is 10. The maximum absolute atomic E-state index is 12.4. The van der Waals surface area contributed by atoms with Gasteiger partial charge >= 0.3 is 0 Å². The van der Waals surface area contributed by atoms with Gasteiger partial charge in [-0.15, -0.1) is 0 Å². The molecule has 2 aromatic rings. The van der Waals surface area contributed by atoms with E-state index in [9.17, 15) is 15.2 Å². The van der Waals surface area contributed by atoms with Crippen molar-refractivity contribution in [2.45, 2.75) is 52.2 Å². The molecule has 0 aliphatic carbocycles. The number of hydrogen-bond donors (Lipinski definition) is 3. The van der Waals surface area contributed by atoms with E-state index in [-0.39, 0.29) is 25.0 Å². The molecule has 1 amide bonds. The van der Waals surface area contributed by atoms with Gasteiger partial charge in [0.15, 0.2) is 0 Å². The van der Waals surface area contributed by atoms with Crippen molar-refractivity contribution < 1.29 is 19.7 Å². The Bertz CT molecular complexity index is 1230. The third-order valence-corrected chi connectivity index (χ3v) is 6.65. The van der Waals surface area contributed by atoms with Crippen LogP contribution in [0, 0.1) is 17.2 Å². The summed E-state index contributed by atoms with van der Waals surface area (Å²) in [4.78, 5) is 18.7. The third-order valence-electron chi connectivity index (χ3n) is 6.65. The SMILES string of the molecule is C=N/C(=C\C=C(/C)c1cc(OCCO)cn2ncc(C#N)c12)N1CCC(C)(NC(=O)[C@H](O)C(C)C)CC1. The molecule has 3 heterocycles. The molecule has 37 heavy (non-hydrogen) atoms. The van der Waals surface area contributed by atoms with Gasteiger partial charge in [0, 0.05) is 24.2 Å². The lowest BCUT2D eigenvalue weighted by molar-refractivity contribution is -0.133. The maximum atomic E-state index is 12.4. The van der Waals surface area contributed by atoms with Gasteiger partial charge in [0.05, 0.1) is 30.1 Å². The van der Waals surface area contributed by atoms with Gasteiger partial charge in [-0.05, 0) is 57.0 Å². The molecule has 0 aromatic carbocycles. The number of carbonyl (C=O) groups is 1. The van der Waals surface area contributed by atoms with E-state index in [4.69, 9.17) is 9.84 Å². The van der Waals surface area contributed by atoms with Gasteiger partial charge in [0.25, 0.3) is 0 Å². The highest BCUT2D eigenvalue weighted by Crippen LogP contribution is 2.29. The third kappa shape index (κ3) is 6.56. The zero-order valence-electron chi connectivity index (χ0n) is 21.9. The summed E-state index contributed by atoms with van der Waals surface area (Å²) < 4.78 is 7.20. The van der Waals surface area contributed by atoms with Crippen LogP contribution in [0.5, 0.6) is 5.75 Å². The molecule has 3 N–H and O–H groups in total. The molecule has 3 rings (SSSR count). The number of ether oxygens (including phenoxy) is 1. The van der Waals surface area contributed by atoms with Crippen LogP contribution < -0.4 is 10.1 Å². The maximum Gasteiger partial charge on any atom is 0.249 e. The Morgan fingerprint density at radius 2 is 2.11 bits per heavy atom. The number of allylic oxidation sites excluding steroid dienone is 3. The number of aliphatic imine (C=N–C) groups is 1. The lowest BCUT2D eigenvalue weighted by atomic mass is 9.89. The Morgan fingerprint density at radius 3 is 2.70 bits per heavy atom. The largest absolute Gasteiger partial charge is 0.490 e. The van der Waals surface area contributed by atoms with Crippen molar-refractivity contribution in [3.63, 3.8) is 0 Å². The standard InChI is InChI=1S/C27H36N6O4/c1-18(2)25(35)26(36)31-27(4)8-10-32(11-9-27)23(29-5)7-6-19(3)22-14-21(37-13-12-34)17-33-24(22)20(15-28)16-30-33/h6-7,14,16-18,25,34-35H,5,8-13H2,1-4H3,(H,31,36)/b19-6+,23-7+/t25-/m1/s1. The first-order valence-corrected chi connectivity index (χ1v) is 12.4. The van der Waals surface area contributed by atoms with Crippen LogP contribution in [-0.2, 0) is 4.79 Å². The molecule has 10 heteroatoms. The fourth-order valence-electron chi connectivity index (χ4n) is 4.30. The van der Waals surface area contributed by atoms with Gasteiger partial charge < -0.3 is 25.2 Å². The molecule has 0 bridgehead atoms. The normalized spacial score (nSPS) is 17.0. The number of amides is 1. The number of aliphatic hydroxyl groups excluding tert-OH is 2. The molecule has 0 saturated carbocycles. The van der Waals surface area contributed by atoms with E-state index in [2.05, 4.69) is 33.1 Å². The minimum Gasteiger partial charge on any atom is -0.490 e. The average Bonchev–Trinajstić information content (AvgIpc) is 3.30. The minimum absolute atomic E-state index is 0.112. The van der Waals surface area contributed by atoms with Gasteiger partial charge in [0.1, 0.15) is 30.4 Å². The zero-order valence-corrected chi connectivity index (χ0v) is 21.9. The number of nitriles is 1. The van der Waals surface area contributed by atoms with E-state index < -0.39 is 11.6 Å². The van der Waals surface area contributed by atoms with Gasteiger partial charge in [-0.3, -0.25) is 4.79 Å². The van der Waals surface area contributed by atoms with E-state index in [1.54, 1.807) is 10.7 Å². The van der Waals surface area contributed by atoms with E-state index >= 15 is 0 Å². The van der Waals surface area contributed by atoms with Crippen LogP contribution in [0.2, 0.25) is 0 Å². The Labute approximate surface area is 217 Å². The van der Waals surface area contributed by atoms with Crippen LogP contribution in [0.25, 0.3) is 11.1 Å². The predicted octanol–water partition coefficient (Wildman–Crippen LogP) is 2.51. The van der Waals surface area contributed by atoms with Gasteiger partial charge in [0.2, 0.25) is 5.91 Å². The molecule has 1 atom stereocenters. The Morgan fingerprint density at radius 1 is 1.41 bits per heavy atom. The van der Waals surface area contributed by atoms with Crippen molar-refractivity contribution >= 4 is 23.7 Å². The van der Waals surface area contributed by atoms with Crippen LogP contribution in [0.15, 0.2) is 41.4 Å². The number of nitrogens with zero attached hydrogens (tertiary/aromatic N) is 5. The Hall–Kier alpha value is -3.68. The first-order chi connectivity index (χ1) is 17.6. The fraction of sp³-hybridized carbons (Fsp3) is 0.481. The summed E-state index contributed by atoms with van der Waals surface area (Å²) in [5.74, 6) is 0.749. The number of carbonyl (C=O) groups excluding carboxylic acids is 1. The second-order valence-corrected chi connectivity index (χ2v) is 9.88. The number of piperidine rings is 1. The molecule has 0 radical (unpaired) electrons. The highest BCUT2D eigenvalue weighted by atomic mass is 16.5. The Kier molecular flexibility index (Phi) is 9.08. The van der Waals surface area contributed by atoms with Gasteiger partial charge in [-0.25, -0.2) is 9.51 Å². The lowest BCUT2D eigenvalue weighted by Crippen LogP contribution is -2.55. The number of aliphatic hydroxyl groups is 2. The van der Waals surface area contributed by atoms with Crippen LogP contribution >= 0.6 is 0 Å². The van der Waals surface area contributed by atoms with Crippen molar-refractivity contribution in [2.24, 2.45) is 10.9 Å².